The Morgan fingerprint density at radius 3 is 3.07 bits per heavy atom. The van der Waals surface area contributed by atoms with Crippen molar-refractivity contribution >= 4 is 11.6 Å². The van der Waals surface area contributed by atoms with Crippen LogP contribution in [-0.2, 0) is 11.2 Å². The van der Waals surface area contributed by atoms with Crippen molar-refractivity contribution in [2.24, 2.45) is 5.92 Å². The first kappa shape index (κ1) is 9.06. The summed E-state index contributed by atoms with van der Waals surface area (Å²) in [6.45, 7) is 1.78. The largest absolute Gasteiger partial charge is 0.299 e. The summed E-state index contributed by atoms with van der Waals surface area (Å²) in [7, 11) is 0. The van der Waals surface area contributed by atoms with Crippen LogP contribution >= 0.6 is 0 Å². The number of hydrogen-bond acceptors (Lipinski definition) is 3. The van der Waals surface area contributed by atoms with E-state index in [-0.39, 0.29) is 11.6 Å². The Hall–Kier alpha value is -1.51. The van der Waals surface area contributed by atoms with Crippen LogP contribution in [0.3, 0.4) is 0 Å². The molecule has 1 aromatic heterocycles. The second-order valence-electron chi connectivity index (χ2n) is 3.45. The molecule has 0 fully saturated rings. The summed E-state index contributed by atoms with van der Waals surface area (Å²) in [5.41, 5.74) is 1.39. The van der Waals surface area contributed by atoms with Gasteiger partial charge in [0.1, 0.15) is 11.5 Å². The number of fused-ring (bicyclic) bond motifs is 1. The number of aromatic nitrogens is 1. The number of ketones is 2. The maximum Gasteiger partial charge on any atom is 0.192 e. The first-order chi connectivity index (χ1) is 6.74. The van der Waals surface area contributed by atoms with E-state index in [0.717, 1.165) is 5.56 Å². The standard InChI is InChI=1S/C11H11NO2/c1-2-9(13)8-6-7-4-3-5-12-10(7)11(8)14/h3-5,8H,2,6H2,1H3. The minimum atomic E-state index is -0.468. The lowest BCUT2D eigenvalue weighted by atomic mass is 9.98. The fourth-order valence-corrected chi connectivity index (χ4v) is 1.81. The Balaban J connectivity index is 2.35. The molecule has 1 aromatic rings. The van der Waals surface area contributed by atoms with E-state index >= 15 is 0 Å². The Morgan fingerprint density at radius 1 is 1.64 bits per heavy atom. The van der Waals surface area contributed by atoms with E-state index in [1.165, 1.54) is 0 Å². The van der Waals surface area contributed by atoms with Crippen molar-refractivity contribution in [1.29, 1.82) is 0 Å². The lowest BCUT2D eigenvalue weighted by Gasteiger charge is -2.02. The summed E-state index contributed by atoms with van der Waals surface area (Å²) in [5.74, 6) is -0.551. The predicted octanol–water partition coefficient (Wildman–Crippen LogP) is 1.42. The molecule has 3 heteroatoms. The molecule has 14 heavy (non-hydrogen) atoms. The van der Waals surface area contributed by atoms with Crippen molar-refractivity contribution in [3.05, 3.63) is 29.6 Å². The molecule has 0 aliphatic heterocycles. The Labute approximate surface area is 82.2 Å². The van der Waals surface area contributed by atoms with E-state index in [1.807, 2.05) is 6.07 Å². The second-order valence-corrected chi connectivity index (χ2v) is 3.45. The van der Waals surface area contributed by atoms with Gasteiger partial charge in [-0.2, -0.15) is 0 Å². The van der Waals surface area contributed by atoms with Crippen LogP contribution in [0.2, 0.25) is 0 Å². The smallest absolute Gasteiger partial charge is 0.192 e. The van der Waals surface area contributed by atoms with E-state index in [4.69, 9.17) is 0 Å². The van der Waals surface area contributed by atoms with Crippen LogP contribution in [0.4, 0.5) is 0 Å². The molecule has 3 nitrogen and oxygen atoms in total. The first-order valence-corrected chi connectivity index (χ1v) is 4.75. The predicted molar refractivity (Wildman–Crippen MR) is 51.1 cm³/mol. The van der Waals surface area contributed by atoms with Gasteiger partial charge in [0, 0.05) is 12.6 Å². The van der Waals surface area contributed by atoms with E-state index in [2.05, 4.69) is 4.98 Å². The third-order valence-corrected chi connectivity index (χ3v) is 2.60. The molecular weight excluding hydrogens is 178 g/mol. The van der Waals surface area contributed by atoms with Crippen LogP contribution in [0.15, 0.2) is 18.3 Å². The number of carbonyl (C=O) groups excluding carboxylic acids is 2. The Kier molecular flexibility index (Phi) is 2.15. The van der Waals surface area contributed by atoms with E-state index < -0.39 is 5.92 Å². The van der Waals surface area contributed by atoms with Gasteiger partial charge >= 0.3 is 0 Å². The highest BCUT2D eigenvalue weighted by atomic mass is 16.2. The molecule has 1 unspecified atom stereocenters. The van der Waals surface area contributed by atoms with Gasteiger partial charge in [-0.1, -0.05) is 13.0 Å². The second kappa shape index (κ2) is 3.33. The number of rotatable bonds is 2. The van der Waals surface area contributed by atoms with Crippen molar-refractivity contribution in [1.82, 2.24) is 4.98 Å². The van der Waals surface area contributed by atoms with Gasteiger partial charge in [-0.15, -0.1) is 0 Å². The zero-order chi connectivity index (χ0) is 10.1. The van der Waals surface area contributed by atoms with Gasteiger partial charge < -0.3 is 0 Å². The van der Waals surface area contributed by atoms with Crippen molar-refractivity contribution in [3.63, 3.8) is 0 Å². The van der Waals surface area contributed by atoms with Crippen molar-refractivity contribution < 1.29 is 9.59 Å². The van der Waals surface area contributed by atoms with Crippen LogP contribution in [0.5, 0.6) is 0 Å². The zero-order valence-corrected chi connectivity index (χ0v) is 7.99. The van der Waals surface area contributed by atoms with Crippen molar-refractivity contribution in [3.8, 4) is 0 Å². The average Bonchev–Trinajstić information content (AvgIpc) is 2.56. The van der Waals surface area contributed by atoms with Crippen molar-refractivity contribution in [2.45, 2.75) is 19.8 Å². The molecule has 0 saturated heterocycles. The molecular formula is C11H11NO2. The lowest BCUT2D eigenvalue weighted by molar-refractivity contribution is -0.121. The molecule has 1 aliphatic carbocycles. The Bertz CT molecular complexity index is 398. The molecule has 0 spiro atoms. The molecule has 0 N–H and O–H groups in total. The molecule has 1 aliphatic rings. The lowest BCUT2D eigenvalue weighted by Crippen LogP contribution is -2.19. The highest BCUT2D eigenvalue weighted by Gasteiger charge is 2.35. The number of nitrogens with zero attached hydrogens (tertiary/aromatic N) is 1. The topological polar surface area (TPSA) is 47.0 Å². The van der Waals surface area contributed by atoms with Crippen LogP contribution < -0.4 is 0 Å². The summed E-state index contributed by atoms with van der Waals surface area (Å²) in [4.78, 5) is 27.2. The van der Waals surface area contributed by atoms with E-state index in [0.29, 0.717) is 18.5 Å². The maximum absolute atomic E-state index is 11.7. The SMILES string of the molecule is CCC(=O)C1Cc2cccnc2C1=O. The zero-order valence-electron chi connectivity index (χ0n) is 7.99. The normalized spacial score (nSPS) is 19.5. The fraction of sp³-hybridized carbons (Fsp3) is 0.364. The minimum absolute atomic E-state index is 0.0213. The van der Waals surface area contributed by atoms with Crippen LogP contribution in [0.1, 0.15) is 29.4 Å². The summed E-state index contributed by atoms with van der Waals surface area (Å²) in [5, 5.41) is 0. The molecule has 0 amide bonds. The fourth-order valence-electron chi connectivity index (χ4n) is 1.81. The highest BCUT2D eigenvalue weighted by Crippen LogP contribution is 2.25. The van der Waals surface area contributed by atoms with E-state index in [9.17, 15) is 9.59 Å². The van der Waals surface area contributed by atoms with Gasteiger partial charge in [0.2, 0.25) is 0 Å². The summed E-state index contributed by atoms with van der Waals surface area (Å²) in [6.07, 6.45) is 2.55. The number of pyridine rings is 1. The van der Waals surface area contributed by atoms with Gasteiger partial charge in [0.05, 0.1) is 5.92 Å². The van der Waals surface area contributed by atoms with Crippen LogP contribution in [0, 0.1) is 5.92 Å². The molecule has 2 rings (SSSR count). The van der Waals surface area contributed by atoms with Gasteiger partial charge in [-0.3, -0.25) is 14.6 Å². The Morgan fingerprint density at radius 2 is 2.43 bits per heavy atom. The van der Waals surface area contributed by atoms with Gasteiger partial charge in [-0.05, 0) is 18.1 Å². The van der Waals surface area contributed by atoms with Gasteiger partial charge in [0.15, 0.2) is 5.78 Å². The quantitative estimate of drug-likeness (QED) is 0.661. The van der Waals surface area contributed by atoms with Crippen LogP contribution in [-0.4, -0.2) is 16.6 Å². The van der Waals surface area contributed by atoms with Gasteiger partial charge in [0.25, 0.3) is 0 Å². The maximum atomic E-state index is 11.7. The number of carbonyl (C=O) groups is 2. The van der Waals surface area contributed by atoms with Gasteiger partial charge in [-0.25, -0.2) is 0 Å². The average molecular weight is 189 g/mol. The molecule has 1 heterocycles. The minimum Gasteiger partial charge on any atom is -0.299 e. The third-order valence-electron chi connectivity index (χ3n) is 2.60. The highest BCUT2D eigenvalue weighted by molar-refractivity contribution is 6.12. The molecule has 72 valence electrons. The molecule has 0 saturated carbocycles. The molecule has 0 bridgehead atoms. The monoisotopic (exact) mass is 189 g/mol. The first-order valence-electron chi connectivity index (χ1n) is 4.75. The number of Topliss-reactive ketones (excluding diaryl/α,β-unsaturated/α-hetero) is 2. The molecule has 0 radical (unpaired) electrons. The van der Waals surface area contributed by atoms with Crippen LogP contribution in [0.25, 0.3) is 0 Å². The number of hydrogen-bond donors (Lipinski definition) is 0. The molecule has 1 atom stereocenters. The summed E-state index contributed by atoms with van der Waals surface area (Å²) >= 11 is 0. The van der Waals surface area contributed by atoms with E-state index in [1.54, 1.807) is 19.2 Å². The molecule has 0 aromatic carbocycles. The summed E-state index contributed by atoms with van der Waals surface area (Å²) in [6, 6.07) is 3.66. The third kappa shape index (κ3) is 1.25. The van der Waals surface area contributed by atoms with Crippen molar-refractivity contribution in [2.75, 3.05) is 0 Å². The summed E-state index contributed by atoms with van der Waals surface area (Å²) < 4.78 is 0.